The Morgan fingerprint density at radius 3 is 1.03 bits per heavy atom. The van der Waals surface area contributed by atoms with Gasteiger partial charge in [0.1, 0.15) is 73.2 Å². The zero-order valence-corrected chi connectivity index (χ0v) is 84.8. The molecule has 16 atom stereocenters. The van der Waals surface area contributed by atoms with E-state index in [2.05, 4.69) is 29.7 Å². The molecule has 0 saturated carbocycles. The number of aromatic amines is 5. The van der Waals surface area contributed by atoms with Gasteiger partial charge in [-0.15, -0.1) is 46.4 Å². The van der Waals surface area contributed by atoms with E-state index in [9.17, 15) is 63.9 Å². The summed E-state index contributed by atoms with van der Waals surface area (Å²) in [5, 5.41) is 102. The number of aliphatic hydroxyl groups is 11. The van der Waals surface area contributed by atoms with E-state index < -0.39 is 163 Å². The van der Waals surface area contributed by atoms with Crippen molar-refractivity contribution in [1.29, 1.82) is 0 Å². The minimum absolute atomic E-state index is 0. The molecular formula is C47H66Ac7Cl4N8O25. The molecule has 5 aliphatic heterocycles. The molecule has 0 aliphatic carbocycles. The number of rotatable bonds is 15. The van der Waals surface area contributed by atoms with Crippen LogP contribution in [0.25, 0.3) is 0 Å². The summed E-state index contributed by atoms with van der Waals surface area (Å²) >= 11 is 22.2. The smallest absolute Gasteiger partial charge is 0.330 e. The first-order valence-corrected chi connectivity index (χ1v) is 27.6. The number of aliphatic hydroxyl groups excluding tert-OH is 11. The number of hydrogen-bond acceptors (Lipinski definition) is 25. The van der Waals surface area contributed by atoms with Gasteiger partial charge in [-0.05, 0) is 39.5 Å². The van der Waals surface area contributed by atoms with Gasteiger partial charge in [-0.2, -0.15) is 0 Å². The van der Waals surface area contributed by atoms with Gasteiger partial charge in [0, 0.05) is 379 Å². The predicted molar refractivity (Wildman–Crippen MR) is 290 cm³/mol. The number of alkyl halides is 4. The van der Waals surface area contributed by atoms with Crippen LogP contribution in [0.3, 0.4) is 0 Å². The Balaban J connectivity index is -0.00000107. The molecule has 0 amide bonds. The molecule has 16 unspecified atom stereocenters. The van der Waals surface area contributed by atoms with E-state index in [1.165, 1.54) is 29.4 Å². The van der Waals surface area contributed by atoms with Gasteiger partial charge in [-0.3, -0.25) is 52.8 Å². The normalized spacial score (nSPS) is 27.7. The van der Waals surface area contributed by atoms with Crippen LogP contribution in [0.1, 0.15) is 54.8 Å². The number of aryl methyl sites for hydroxylation is 4. The Bertz CT molecular complexity index is 3190. The van der Waals surface area contributed by atoms with Crippen LogP contribution in [0.2, 0.25) is 0 Å². The summed E-state index contributed by atoms with van der Waals surface area (Å²) in [5.41, 5.74) is -3.20. The maximum atomic E-state index is 12.2. The summed E-state index contributed by atoms with van der Waals surface area (Å²) < 4.78 is 35.5. The molecule has 91 heavy (non-hydrogen) atoms. The molecule has 9 rings (SSSR count). The largest absolute Gasteiger partial charge is 0.394 e. The van der Waals surface area contributed by atoms with E-state index >= 15 is 0 Å². The van der Waals surface area contributed by atoms with Crippen LogP contribution in [0.4, 0.5) is 0 Å². The first-order valence-electron chi connectivity index (χ1n) is 25.5. The molecule has 7 radical (unpaired) electrons. The molecule has 5 aliphatic rings. The van der Waals surface area contributed by atoms with Crippen molar-refractivity contribution in [3.63, 3.8) is 0 Å². The van der Waals surface area contributed by atoms with E-state index in [0.717, 1.165) is 9.13 Å². The average molecular weight is 2870 g/mol. The molecule has 0 bridgehead atoms. The predicted octanol–water partition coefficient (Wildman–Crippen LogP) is -7.15. The van der Waals surface area contributed by atoms with E-state index in [-0.39, 0.29) is 362 Å². The molecule has 4 aromatic heterocycles. The van der Waals surface area contributed by atoms with E-state index in [4.69, 9.17) is 101 Å². The van der Waals surface area contributed by atoms with Gasteiger partial charge in [0.25, 0.3) is 22.2 Å². The second kappa shape index (κ2) is 49.1. The van der Waals surface area contributed by atoms with Crippen LogP contribution in [0.5, 0.6) is 0 Å². The van der Waals surface area contributed by atoms with Gasteiger partial charge >= 0.3 is 22.8 Å². The number of nitrogens with zero attached hydrogens (tertiary/aromatic N) is 3. The van der Waals surface area contributed by atoms with Crippen LogP contribution in [-0.2, 0) is 54.1 Å². The summed E-state index contributed by atoms with van der Waals surface area (Å²) in [6.07, 6.45) is -10.4. The second-order valence-corrected chi connectivity index (χ2v) is 20.8. The number of nitrogens with one attached hydrogen (secondary N) is 5. The molecular weight excluding hydrogens is 2810 g/mol. The third kappa shape index (κ3) is 27.9. The summed E-state index contributed by atoms with van der Waals surface area (Å²) in [6.45, 7) is 1.85. The van der Waals surface area contributed by atoms with Gasteiger partial charge in [0.15, 0.2) is 30.8 Å². The Labute approximate surface area is 786 Å². The monoisotopic (exact) mass is 2870 g/mol. The summed E-state index contributed by atoms with van der Waals surface area (Å²) in [5.74, 6) is 0.171. The fraction of sp³-hybridized carbons (Fsp3) is 0.660. The molecule has 33 nitrogen and oxygen atoms in total. The van der Waals surface area contributed by atoms with Crippen LogP contribution in [0.15, 0.2) is 63.1 Å². The van der Waals surface area contributed by atoms with Crippen molar-refractivity contribution in [1.82, 2.24) is 38.6 Å². The Kier molecular flexibility index (Phi) is 54.3. The van der Waals surface area contributed by atoms with Crippen LogP contribution in [-0.4, -0.2) is 230 Å². The molecule has 5 fully saturated rings. The maximum absolute atomic E-state index is 12.2. The van der Waals surface area contributed by atoms with Crippen LogP contribution in [0, 0.1) is 308 Å². The average Bonchev–Trinajstić information content (AvgIpc) is 1.66. The number of hydrogen-bond donors (Lipinski definition) is 16. The quantitative estimate of drug-likeness (QED) is 0.0492. The van der Waals surface area contributed by atoms with Gasteiger partial charge in [0.2, 0.25) is 0 Å². The van der Waals surface area contributed by atoms with Crippen molar-refractivity contribution in [3.05, 3.63) is 130 Å². The minimum atomic E-state index is -1.39. The van der Waals surface area contributed by atoms with Crippen LogP contribution < -0.4 is 45.0 Å². The van der Waals surface area contributed by atoms with E-state index in [0.29, 0.717) is 29.8 Å². The molecule has 0 spiro atoms. The first kappa shape index (κ1) is 100. The van der Waals surface area contributed by atoms with Crippen molar-refractivity contribution in [2.45, 2.75) is 144 Å². The Morgan fingerprint density at radius 1 is 0.418 bits per heavy atom. The number of aromatic nitrogens is 8. The summed E-state index contributed by atoms with van der Waals surface area (Å²) in [6, 6.07) is 0. The van der Waals surface area contributed by atoms with Gasteiger partial charge < -0.3 is 89.6 Å². The summed E-state index contributed by atoms with van der Waals surface area (Å²) in [4.78, 5) is 103. The third-order valence-electron chi connectivity index (χ3n) is 13.2. The minimum Gasteiger partial charge on any atom is -0.394 e. The SMILES string of the molecule is CC1(C)OC2C(CO)OC(n3cc(CCCl)c(=O)[nH]c3=O)C2O1.O=c1[nH]c(=O)n(C2OC(CO)C(O)C2O)cc1CCCl.O=c1[nH]c(=O)n(C2OC(CO)C(O)C2O)cc1CCCl.O=c1[nH]cc(CCCl)c(=O)[nH]1.OCC1OC(O)C(O)C1O.[Ac].[Ac].[Ac].[Ac].[Ac].[Ac].[Ac]. The molecule has 4 aromatic rings. The second-order valence-electron chi connectivity index (χ2n) is 19.3. The fourth-order valence-electron chi connectivity index (χ4n) is 8.84. The van der Waals surface area contributed by atoms with Gasteiger partial charge in [0.05, 0.1) is 26.4 Å². The Morgan fingerprint density at radius 2 is 0.725 bits per heavy atom. The Hall–Kier alpha value is 5.29. The van der Waals surface area contributed by atoms with Crippen molar-refractivity contribution in [2.75, 3.05) is 49.9 Å². The number of ether oxygens (including phenoxy) is 6. The van der Waals surface area contributed by atoms with Crippen molar-refractivity contribution in [2.24, 2.45) is 0 Å². The topological polar surface area (TPSA) is 508 Å². The standard InChI is InChI=1S/C14H19ClN2O6.2C11H15ClN2O6.C6H7ClN2O2.C5H10O5.7Ac/c1-14(2)22-9-8(6-18)21-12(10(9)23-14)17-5-7(3-4-15)11(19)16-13(17)20;2*12-2-1-5-3-14(11(19)13-9(5)18)10-8(17)7(16)6(4-15)20-10;7-2-1-4-3-8-6(11)9-5(4)10;6-1-2-3(7)4(8)5(9)10-2;;;;;;;/h5,8-10,12,18H,3-4,6H2,1-2H3,(H,16,19,20);2*3,6-8,10,15-17H,1-2,4H2,(H,13,18,19);3H,1-2H2,(H2,8,9,10,11);2-9H,1H2;;;;;;;. The van der Waals surface area contributed by atoms with Gasteiger partial charge in [-0.1, -0.05) is 0 Å². The molecule has 0 aromatic carbocycles. The summed E-state index contributed by atoms with van der Waals surface area (Å²) in [7, 11) is 0. The maximum Gasteiger partial charge on any atom is 0.330 e. The molecule has 44 heteroatoms. The molecule has 493 valence electrons. The van der Waals surface area contributed by atoms with Crippen molar-refractivity contribution < 1.29 is 393 Å². The zero-order valence-electron chi connectivity index (χ0n) is 48.6. The number of halogens is 4. The van der Waals surface area contributed by atoms with E-state index in [1.807, 2.05) is 0 Å². The number of fused-ring (bicyclic) bond motifs is 1. The zero-order chi connectivity index (χ0) is 62.5. The fourth-order valence-corrected chi connectivity index (χ4v) is 9.66. The molecule has 9 heterocycles. The van der Waals surface area contributed by atoms with E-state index in [1.54, 1.807) is 13.8 Å². The molecule has 16 N–H and O–H groups in total. The van der Waals surface area contributed by atoms with Crippen molar-refractivity contribution >= 4 is 46.4 Å². The van der Waals surface area contributed by atoms with Crippen molar-refractivity contribution in [3.8, 4) is 0 Å². The molecule has 5 saturated heterocycles. The first-order chi connectivity index (χ1) is 39.7. The number of H-pyrrole nitrogens is 5. The van der Waals surface area contributed by atoms with Gasteiger partial charge in [-0.25, -0.2) is 19.2 Å². The third-order valence-corrected chi connectivity index (χ3v) is 13.9. The van der Waals surface area contributed by atoms with Crippen LogP contribution >= 0.6 is 46.4 Å².